The van der Waals surface area contributed by atoms with Gasteiger partial charge in [0.25, 0.3) is 5.91 Å². The maximum atomic E-state index is 13.6. The van der Waals surface area contributed by atoms with E-state index in [1.54, 1.807) is 43.5 Å². The van der Waals surface area contributed by atoms with Gasteiger partial charge in [-0.15, -0.1) is 0 Å². The fraction of sp³-hybridized carbons (Fsp3) is 0.308. The van der Waals surface area contributed by atoms with Crippen LogP contribution in [-0.4, -0.2) is 68.1 Å². The number of aromatic nitrogens is 4. The van der Waals surface area contributed by atoms with Gasteiger partial charge in [-0.2, -0.15) is 5.10 Å². The van der Waals surface area contributed by atoms with Gasteiger partial charge in [-0.05, 0) is 50.2 Å². The number of carbonyl (C=O) groups excluding carboxylic acids is 1. The average Bonchev–Trinajstić information content (AvgIpc) is 3.22. The van der Waals surface area contributed by atoms with E-state index < -0.39 is 0 Å². The molecule has 1 amide bonds. The van der Waals surface area contributed by atoms with Gasteiger partial charge in [0, 0.05) is 49.5 Å². The molecule has 188 valence electrons. The number of rotatable bonds is 9. The van der Waals surface area contributed by atoms with Gasteiger partial charge in [0.15, 0.2) is 17.3 Å². The first-order chi connectivity index (χ1) is 17.3. The highest BCUT2D eigenvalue weighted by molar-refractivity contribution is 6.05. The summed E-state index contributed by atoms with van der Waals surface area (Å²) in [7, 11) is 3.26. The molecule has 36 heavy (non-hydrogen) atoms. The van der Waals surface area contributed by atoms with E-state index in [-0.39, 0.29) is 28.9 Å². The number of hydrogen-bond acceptors (Lipinski definition) is 8. The van der Waals surface area contributed by atoms with Crippen LogP contribution in [0.25, 0.3) is 22.3 Å². The minimum Gasteiger partial charge on any atom is -0.508 e. The first kappa shape index (κ1) is 24.9. The topological polar surface area (TPSA) is 123 Å². The minimum atomic E-state index is -0.332. The quantitative estimate of drug-likeness (QED) is 0.341. The van der Waals surface area contributed by atoms with Crippen LogP contribution in [0.5, 0.6) is 17.2 Å². The summed E-state index contributed by atoms with van der Waals surface area (Å²) in [5.74, 6) is 0.165. The molecule has 0 aliphatic rings. The van der Waals surface area contributed by atoms with Gasteiger partial charge >= 0.3 is 0 Å². The van der Waals surface area contributed by atoms with Crippen LogP contribution in [0.2, 0.25) is 0 Å². The molecule has 0 radical (unpaired) electrons. The van der Waals surface area contributed by atoms with Crippen molar-refractivity contribution in [3.05, 3.63) is 59.5 Å². The van der Waals surface area contributed by atoms with E-state index in [0.717, 1.165) is 17.8 Å². The zero-order valence-electron chi connectivity index (χ0n) is 20.7. The third-order valence-corrected chi connectivity index (χ3v) is 5.90. The van der Waals surface area contributed by atoms with Crippen LogP contribution in [0.15, 0.2) is 42.6 Å². The number of amides is 1. The van der Waals surface area contributed by atoms with Gasteiger partial charge in [-0.1, -0.05) is 0 Å². The molecule has 0 aliphatic carbocycles. The van der Waals surface area contributed by atoms with Crippen molar-refractivity contribution < 1.29 is 24.5 Å². The summed E-state index contributed by atoms with van der Waals surface area (Å²) in [6.07, 6.45) is 1.76. The minimum absolute atomic E-state index is 0.00539. The first-order valence-corrected chi connectivity index (χ1v) is 11.5. The fourth-order valence-corrected chi connectivity index (χ4v) is 3.89. The lowest BCUT2D eigenvalue weighted by molar-refractivity contribution is 0.0781. The number of nitrogens with zero attached hydrogens (tertiary/aromatic N) is 5. The molecule has 10 nitrogen and oxygen atoms in total. The number of phenolic OH excluding ortho intramolecular Hbond substituents is 2. The average molecular weight is 492 g/mol. The SMILES string of the molecule is CCn1ncc(CN(C)C(=O)c2nc(-c3ccc(OCCOC)c(O)c3)nc3ccc(O)cc23)c1C. The first-order valence-electron chi connectivity index (χ1n) is 11.5. The predicted octanol–water partition coefficient (Wildman–Crippen LogP) is 3.53. The summed E-state index contributed by atoms with van der Waals surface area (Å²) >= 11 is 0. The molecule has 2 aromatic heterocycles. The van der Waals surface area contributed by atoms with Gasteiger partial charge in [-0.3, -0.25) is 9.48 Å². The van der Waals surface area contributed by atoms with E-state index in [2.05, 4.69) is 15.1 Å². The Labute approximate surface area is 208 Å². The molecule has 0 spiro atoms. The van der Waals surface area contributed by atoms with Crippen molar-refractivity contribution in [3.8, 4) is 28.6 Å². The normalized spacial score (nSPS) is 11.1. The second-order valence-electron chi connectivity index (χ2n) is 8.35. The summed E-state index contributed by atoms with van der Waals surface area (Å²) in [5.41, 5.74) is 3.08. The van der Waals surface area contributed by atoms with Crippen LogP contribution in [0.1, 0.15) is 28.7 Å². The molecular weight excluding hydrogens is 462 g/mol. The van der Waals surface area contributed by atoms with Crippen LogP contribution in [0, 0.1) is 6.92 Å². The Morgan fingerprint density at radius 3 is 2.61 bits per heavy atom. The molecule has 2 aromatic carbocycles. The lowest BCUT2D eigenvalue weighted by Crippen LogP contribution is -2.27. The highest BCUT2D eigenvalue weighted by Crippen LogP contribution is 2.32. The number of methoxy groups -OCH3 is 1. The molecule has 4 aromatic rings. The van der Waals surface area contributed by atoms with Gasteiger partial charge in [-0.25, -0.2) is 9.97 Å². The number of phenols is 2. The van der Waals surface area contributed by atoms with Gasteiger partial charge < -0.3 is 24.6 Å². The monoisotopic (exact) mass is 491 g/mol. The van der Waals surface area contributed by atoms with E-state index in [4.69, 9.17) is 9.47 Å². The fourth-order valence-electron chi connectivity index (χ4n) is 3.89. The van der Waals surface area contributed by atoms with Crippen molar-refractivity contribution in [2.45, 2.75) is 26.9 Å². The molecule has 0 unspecified atom stereocenters. The Morgan fingerprint density at radius 1 is 1.11 bits per heavy atom. The van der Waals surface area contributed by atoms with Crippen LogP contribution in [0.3, 0.4) is 0 Å². The summed E-state index contributed by atoms with van der Waals surface area (Å²) in [4.78, 5) is 24.2. The standard InChI is InChI=1S/C26H29N5O5/c1-5-31-16(2)18(14-27-31)15-30(3)26(34)24-20-13-19(32)7-8-21(20)28-25(29-24)17-6-9-23(22(33)12-17)36-11-10-35-4/h6-9,12-14,32-33H,5,10-11,15H2,1-4H3. The molecule has 0 atom stereocenters. The Morgan fingerprint density at radius 2 is 1.92 bits per heavy atom. The molecule has 2 N–H and O–H groups in total. The summed E-state index contributed by atoms with van der Waals surface area (Å²) < 4.78 is 12.4. The zero-order valence-corrected chi connectivity index (χ0v) is 20.7. The third kappa shape index (κ3) is 5.08. The largest absolute Gasteiger partial charge is 0.508 e. The van der Waals surface area contributed by atoms with E-state index in [1.807, 2.05) is 18.5 Å². The van der Waals surface area contributed by atoms with Crippen LogP contribution in [-0.2, 0) is 17.8 Å². The van der Waals surface area contributed by atoms with Crippen molar-refractivity contribution in [1.29, 1.82) is 0 Å². The maximum absolute atomic E-state index is 13.6. The number of carbonyl (C=O) groups is 1. The Bertz CT molecular complexity index is 1400. The Kier molecular flexibility index (Phi) is 7.35. The second kappa shape index (κ2) is 10.6. The molecule has 0 saturated heterocycles. The molecule has 4 rings (SSSR count). The zero-order chi connectivity index (χ0) is 25.8. The van der Waals surface area contributed by atoms with Crippen molar-refractivity contribution in [3.63, 3.8) is 0 Å². The molecule has 0 bridgehead atoms. The van der Waals surface area contributed by atoms with Crippen LogP contribution >= 0.6 is 0 Å². The number of aromatic hydroxyl groups is 2. The number of fused-ring (bicyclic) bond motifs is 1. The highest BCUT2D eigenvalue weighted by Gasteiger charge is 2.21. The lowest BCUT2D eigenvalue weighted by atomic mass is 10.1. The molecule has 2 heterocycles. The predicted molar refractivity (Wildman–Crippen MR) is 134 cm³/mol. The van der Waals surface area contributed by atoms with Crippen LogP contribution in [0.4, 0.5) is 0 Å². The van der Waals surface area contributed by atoms with E-state index in [0.29, 0.717) is 42.0 Å². The number of aryl methyl sites for hydroxylation is 1. The van der Waals surface area contributed by atoms with E-state index in [9.17, 15) is 15.0 Å². The van der Waals surface area contributed by atoms with Crippen molar-refractivity contribution in [2.75, 3.05) is 27.4 Å². The molecule has 0 fully saturated rings. The van der Waals surface area contributed by atoms with Gasteiger partial charge in [0.1, 0.15) is 18.1 Å². The number of benzene rings is 2. The summed E-state index contributed by atoms with van der Waals surface area (Å²) in [5, 5.41) is 25.3. The maximum Gasteiger partial charge on any atom is 0.273 e. The molecular formula is C26H29N5O5. The number of hydrogen-bond donors (Lipinski definition) is 2. The summed E-state index contributed by atoms with van der Waals surface area (Å²) in [6.45, 7) is 5.75. The van der Waals surface area contributed by atoms with Crippen molar-refractivity contribution in [1.82, 2.24) is 24.6 Å². The smallest absolute Gasteiger partial charge is 0.273 e. The van der Waals surface area contributed by atoms with Crippen LogP contribution < -0.4 is 4.74 Å². The van der Waals surface area contributed by atoms with E-state index in [1.165, 1.54) is 18.2 Å². The van der Waals surface area contributed by atoms with Crippen molar-refractivity contribution >= 4 is 16.8 Å². The summed E-state index contributed by atoms with van der Waals surface area (Å²) in [6, 6.07) is 9.43. The van der Waals surface area contributed by atoms with Gasteiger partial charge in [0.2, 0.25) is 0 Å². The Hall–Kier alpha value is -4.18. The van der Waals surface area contributed by atoms with Gasteiger partial charge in [0.05, 0.1) is 18.3 Å². The van der Waals surface area contributed by atoms with Crippen molar-refractivity contribution in [2.24, 2.45) is 0 Å². The molecule has 0 saturated carbocycles. The number of ether oxygens (including phenoxy) is 2. The second-order valence-corrected chi connectivity index (χ2v) is 8.35. The Balaban J connectivity index is 1.71. The lowest BCUT2D eigenvalue weighted by Gasteiger charge is -2.18. The highest BCUT2D eigenvalue weighted by atomic mass is 16.5. The van der Waals surface area contributed by atoms with E-state index >= 15 is 0 Å². The third-order valence-electron chi connectivity index (χ3n) is 5.90. The molecule has 10 heteroatoms. The molecule has 0 aliphatic heterocycles.